The molecule has 6 nitrogen and oxygen atoms in total. The van der Waals surface area contributed by atoms with E-state index in [-0.39, 0.29) is 5.91 Å². The lowest BCUT2D eigenvalue weighted by molar-refractivity contribution is -0.121. The monoisotopic (exact) mass is 444 g/mol. The number of nitrogens with zero attached hydrogens (tertiary/aromatic N) is 1. The fourth-order valence-corrected chi connectivity index (χ4v) is 4.48. The fourth-order valence-electron chi connectivity index (χ4n) is 3.22. The van der Waals surface area contributed by atoms with Crippen LogP contribution in [0, 0.1) is 13.8 Å². The lowest BCUT2D eigenvalue weighted by Gasteiger charge is -2.18. The summed E-state index contributed by atoms with van der Waals surface area (Å²) in [6.07, 6.45) is 1.78. The number of hydrogen-bond donors (Lipinski definition) is 1. The van der Waals surface area contributed by atoms with E-state index in [1.54, 1.807) is 44.4 Å². The van der Waals surface area contributed by atoms with Gasteiger partial charge in [0.15, 0.2) is 11.5 Å². The highest BCUT2D eigenvalue weighted by Crippen LogP contribution is 2.40. The molecule has 1 amide bonds. The van der Waals surface area contributed by atoms with Crippen LogP contribution in [-0.2, 0) is 4.79 Å². The molecule has 1 saturated heterocycles. The van der Waals surface area contributed by atoms with Crippen molar-refractivity contribution in [2.75, 3.05) is 33.3 Å². The average molecular weight is 445 g/mol. The van der Waals surface area contributed by atoms with Crippen LogP contribution in [0.4, 0.5) is 5.69 Å². The molecule has 8 heteroatoms. The molecule has 0 unspecified atom stereocenters. The van der Waals surface area contributed by atoms with Crippen molar-refractivity contribution < 1.29 is 19.0 Å². The summed E-state index contributed by atoms with van der Waals surface area (Å²) in [5.74, 6) is 1.41. The molecule has 0 radical (unpaired) electrons. The Bertz CT molecular complexity index is 975. The zero-order valence-corrected chi connectivity index (χ0v) is 19.2. The van der Waals surface area contributed by atoms with Gasteiger partial charge < -0.3 is 19.5 Å². The maximum atomic E-state index is 13.0. The van der Waals surface area contributed by atoms with Gasteiger partial charge in [0.1, 0.15) is 4.32 Å². The Hall–Kier alpha value is -2.71. The Morgan fingerprint density at radius 3 is 2.20 bits per heavy atom. The number of para-hydroxylation sites is 1. The maximum absolute atomic E-state index is 13.0. The van der Waals surface area contributed by atoms with Crippen molar-refractivity contribution in [2.45, 2.75) is 13.8 Å². The van der Waals surface area contributed by atoms with Gasteiger partial charge in [0, 0.05) is 5.69 Å². The van der Waals surface area contributed by atoms with Gasteiger partial charge in [-0.05, 0) is 48.7 Å². The van der Waals surface area contributed by atoms with Crippen LogP contribution in [0.2, 0.25) is 0 Å². The van der Waals surface area contributed by atoms with E-state index in [0.717, 1.165) is 22.4 Å². The Morgan fingerprint density at radius 1 is 1.07 bits per heavy atom. The van der Waals surface area contributed by atoms with Crippen LogP contribution >= 0.6 is 24.0 Å². The molecule has 1 fully saturated rings. The summed E-state index contributed by atoms with van der Waals surface area (Å²) in [6.45, 7) is 4.37. The Morgan fingerprint density at radius 2 is 1.67 bits per heavy atom. The van der Waals surface area contributed by atoms with Gasteiger partial charge in [0.25, 0.3) is 5.91 Å². The van der Waals surface area contributed by atoms with Crippen LogP contribution in [0.1, 0.15) is 16.7 Å². The first-order valence-corrected chi connectivity index (χ1v) is 10.5. The van der Waals surface area contributed by atoms with Crippen molar-refractivity contribution in [1.82, 2.24) is 4.90 Å². The number of hydrogen-bond acceptors (Lipinski definition) is 7. The zero-order valence-electron chi connectivity index (χ0n) is 17.6. The van der Waals surface area contributed by atoms with Crippen LogP contribution in [-0.4, -0.2) is 43.1 Å². The minimum atomic E-state index is -0.141. The summed E-state index contributed by atoms with van der Waals surface area (Å²) in [5, 5.41) is 3.34. The van der Waals surface area contributed by atoms with Crippen molar-refractivity contribution in [3.05, 3.63) is 51.9 Å². The molecule has 30 heavy (non-hydrogen) atoms. The van der Waals surface area contributed by atoms with Gasteiger partial charge >= 0.3 is 0 Å². The highest BCUT2D eigenvalue weighted by atomic mass is 32.2. The van der Waals surface area contributed by atoms with Crippen LogP contribution < -0.4 is 19.5 Å². The number of thiocarbonyl (C=S) groups is 1. The summed E-state index contributed by atoms with van der Waals surface area (Å²) in [7, 11) is 4.66. The molecule has 2 aromatic carbocycles. The molecular formula is C22H24N2O4S2. The molecule has 1 heterocycles. The number of nitrogens with one attached hydrogen (secondary N) is 1. The third kappa shape index (κ3) is 4.39. The molecule has 0 saturated carbocycles. The number of carbonyl (C=O) groups excluding carboxylic acids is 1. The van der Waals surface area contributed by atoms with Crippen LogP contribution in [0.3, 0.4) is 0 Å². The van der Waals surface area contributed by atoms with Crippen LogP contribution in [0.25, 0.3) is 6.08 Å². The summed E-state index contributed by atoms with van der Waals surface area (Å²) in [4.78, 5) is 15.1. The van der Waals surface area contributed by atoms with Crippen molar-refractivity contribution >= 4 is 46.0 Å². The Kier molecular flexibility index (Phi) is 6.89. The van der Waals surface area contributed by atoms with E-state index in [9.17, 15) is 4.79 Å². The largest absolute Gasteiger partial charge is 0.493 e. The van der Waals surface area contributed by atoms with E-state index >= 15 is 0 Å². The number of aryl methyl sites for hydroxylation is 2. The number of rotatable bonds is 7. The van der Waals surface area contributed by atoms with E-state index in [1.165, 1.54) is 11.8 Å². The molecule has 1 N–H and O–H groups in total. The van der Waals surface area contributed by atoms with E-state index in [0.29, 0.717) is 33.1 Å². The molecule has 158 valence electrons. The SMILES string of the molecule is COc1cc(C=C2SC(=S)N(CNc3c(C)cccc3C)C2=O)cc(OC)c1OC. The topological polar surface area (TPSA) is 60.0 Å². The molecule has 0 aliphatic carbocycles. The van der Waals surface area contributed by atoms with Gasteiger partial charge in [0.05, 0.1) is 32.9 Å². The number of benzene rings is 2. The van der Waals surface area contributed by atoms with Gasteiger partial charge in [-0.2, -0.15) is 0 Å². The van der Waals surface area contributed by atoms with Gasteiger partial charge in [-0.1, -0.05) is 42.2 Å². The average Bonchev–Trinajstić information content (AvgIpc) is 2.99. The van der Waals surface area contributed by atoms with E-state index in [1.807, 2.05) is 32.0 Å². The quantitative estimate of drug-likeness (QED) is 0.495. The van der Waals surface area contributed by atoms with Gasteiger partial charge in [-0.3, -0.25) is 9.69 Å². The lowest BCUT2D eigenvalue weighted by atomic mass is 10.1. The molecule has 1 aliphatic rings. The third-order valence-electron chi connectivity index (χ3n) is 4.75. The van der Waals surface area contributed by atoms with Crippen molar-refractivity contribution in [3.8, 4) is 17.2 Å². The summed E-state index contributed by atoms with van der Waals surface area (Å²) >= 11 is 6.72. The number of anilines is 1. The highest BCUT2D eigenvalue weighted by Gasteiger charge is 2.32. The lowest BCUT2D eigenvalue weighted by Crippen LogP contribution is -2.33. The first-order chi connectivity index (χ1) is 14.4. The Labute approximate surface area is 186 Å². The maximum Gasteiger partial charge on any atom is 0.267 e. The van der Waals surface area contributed by atoms with Crippen LogP contribution in [0.15, 0.2) is 35.2 Å². The molecule has 0 spiro atoms. The summed E-state index contributed by atoms with van der Waals surface area (Å²) in [5.41, 5.74) is 4.01. The zero-order chi connectivity index (χ0) is 21.8. The van der Waals surface area contributed by atoms with Gasteiger partial charge in [-0.15, -0.1) is 0 Å². The molecule has 0 aromatic heterocycles. The van der Waals surface area contributed by atoms with Crippen molar-refractivity contribution in [2.24, 2.45) is 0 Å². The molecule has 0 bridgehead atoms. The first-order valence-electron chi connectivity index (χ1n) is 9.25. The second kappa shape index (κ2) is 9.40. The number of ether oxygens (including phenoxy) is 3. The second-order valence-corrected chi connectivity index (χ2v) is 8.35. The molecular weight excluding hydrogens is 420 g/mol. The minimum Gasteiger partial charge on any atom is -0.493 e. The standard InChI is InChI=1S/C22H24N2O4S2/c1-13-7-6-8-14(2)19(13)23-12-24-21(25)18(30-22(24)29)11-15-9-16(26-3)20(28-5)17(10-15)27-4/h6-11,23H,12H2,1-5H3. The van der Waals surface area contributed by atoms with Crippen molar-refractivity contribution in [3.63, 3.8) is 0 Å². The highest BCUT2D eigenvalue weighted by molar-refractivity contribution is 8.26. The van der Waals surface area contributed by atoms with Gasteiger partial charge in [-0.25, -0.2) is 0 Å². The van der Waals surface area contributed by atoms with E-state index in [4.69, 9.17) is 26.4 Å². The summed E-state index contributed by atoms with van der Waals surface area (Å²) in [6, 6.07) is 9.66. The molecule has 2 aromatic rings. The fraction of sp³-hybridized carbons (Fsp3) is 0.273. The molecule has 1 aliphatic heterocycles. The van der Waals surface area contributed by atoms with Crippen LogP contribution in [0.5, 0.6) is 17.2 Å². The number of amides is 1. The van der Waals surface area contributed by atoms with E-state index in [2.05, 4.69) is 5.32 Å². The first kappa shape index (κ1) is 22.0. The number of thioether (sulfide) groups is 1. The minimum absolute atomic E-state index is 0.141. The Balaban J connectivity index is 1.83. The normalized spacial score (nSPS) is 15.0. The predicted octanol–water partition coefficient (Wildman–Crippen LogP) is 4.60. The van der Waals surface area contributed by atoms with Gasteiger partial charge in [0.2, 0.25) is 5.75 Å². The van der Waals surface area contributed by atoms with E-state index < -0.39 is 0 Å². The predicted molar refractivity (Wildman–Crippen MR) is 126 cm³/mol. The smallest absolute Gasteiger partial charge is 0.267 e. The summed E-state index contributed by atoms with van der Waals surface area (Å²) < 4.78 is 16.6. The number of methoxy groups -OCH3 is 3. The second-order valence-electron chi connectivity index (χ2n) is 6.67. The molecule has 3 rings (SSSR count). The number of carbonyl (C=O) groups is 1. The molecule has 0 atom stereocenters. The third-order valence-corrected chi connectivity index (χ3v) is 6.13. The van der Waals surface area contributed by atoms with Crippen molar-refractivity contribution in [1.29, 1.82) is 0 Å².